The van der Waals surface area contributed by atoms with Gasteiger partial charge in [0.1, 0.15) is 5.75 Å². The van der Waals surface area contributed by atoms with E-state index in [4.69, 9.17) is 9.47 Å². The van der Waals surface area contributed by atoms with Crippen LogP contribution < -0.4 is 10.1 Å². The van der Waals surface area contributed by atoms with Crippen molar-refractivity contribution >= 4 is 17.1 Å². The van der Waals surface area contributed by atoms with E-state index in [0.717, 1.165) is 37.4 Å². The van der Waals surface area contributed by atoms with Crippen LogP contribution in [-0.2, 0) is 4.74 Å². The number of benzene rings is 1. The molecular formula is C20H22N4O3. The molecule has 0 atom stereocenters. The summed E-state index contributed by atoms with van der Waals surface area (Å²) in [6, 6.07) is 5.70. The van der Waals surface area contributed by atoms with Crippen LogP contribution in [0.1, 0.15) is 28.8 Å². The Morgan fingerprint density at radius 2 is 2.19 bits per heavy atom. The molecule has 0 aliphatic carbocycles. The Labute approximate surface area is 157 Å². The van der Waals surface area contributed by atoms with E-state index in [2.05, 4.69) is 15.4 Å². The van der Waals surface area contributed by atoms with Gasteiger partial charge in [0.2, 0.25) is 0 Å². The number of hydrogen-bond acceptors (Lipinski definition) is 5. The fraction of sp³-hybridized carbons (Fsp3) is 0.350. The summed E-state index contributed by atoms with van der Waals surface area (Å²) in [5.74, 6) is 1.08. The number of hydrogen-bond donors (Lipinski definition) is 1. The fourth-order valence-electron chi connectivity index (χ4n) is 3.16. The predicted octanol–water partition coefficient (Wildman–Crippen LogP) is 3.10. The molecule has 2 aromatic heterocycles. The Morgan fingerprint density at radius 1 is 1.33 bits per heavy atom. The standard InChI is InChI=1S/C20H22N4O3/c1-14-2-3-16(10-19(14)27-13-15-4-8-26-9-5-15)23-20(25)17-11-22-24-7-6-21-12-18(17)24/h2-3,6-7,10-12,15H,4-5,8-9,13H2,1H3,(H,23,25). The van der Waals surface area contributed by atoms with Crippen molar-refractivity contribution in [1.82, 2.24) is 14.6 Å². The molecule has 7 nitrogen and oxygen atoms in total. The van der Waals surface area contributed by atoms with E-state index in [0.29, 0.717) is 29.3 Å². The predicted molar refractivity (Wildman–Crippen MR) is 101 cm³/mol. The molecule has 3 heterocycles. The van der Waals surface area contributed by atoms with Crippen molar-refractivity contribution in [1.29, 1.82) is 0 Å². The average molecular weight is 366 g/mol. The van der Waals surface area contributed by atoms with Crippen LogP contribution in [0.3, 0.4) is 0 Å². The van der Waals surface area contributed by atoms with Gasteiger partial charge < -0.3 is 14.8 Å². The van der Waals surface area contributed by atoms with E-state index in [1.807, 2.05) is 25.1 Å². The molecule has 140 valence electrons. The number of carbonyl (C=O) groups excluding carboxylic acids is 1. The molecule has 0 radical (unpaired) electrons. The number of aryl methyl sites for hydroxylation is 1. The van der Waals surface area contributed by atoms with Crippen molar-refractivity contribution in [3.8, 4) is 5.75 Å². The summed E-state index contributed by atoms with van der Waals surface area (Å²) in [5, 5.41) is 7.10. The fourth-order valence-corrected chi connectivity index (χ4v) is 3.16. The first-order chi connectivity index (χ1) is 13.2. The lowest BCUT2D eigenvalue weighted by Gasteiger charge is -2.22. The topological polar surface area (TPSA) is 77.8 Å². The lowest BCUT2D eigenvalue weighted by atomic mass is 10.0. The summed E-state index contributed by atoms with van der Waals surface area (Å²) in [6.07, 6.45) is 8.56. The molecule has 0 bridgehead atoms. The zero-order valence-corrected chi connectivity index (χ0v) is 15.2. The second-order valence-electron chi connectivity index (χ2n) is 6.77. The Balaban J connectivity index is 1.46. The largest absolute Gasteiger partial charge is 0.493 e. The third-order valence-electron chi connectivity index (χ3n) is 4.83. The van der Waals surface area contributed by atoms with E-state index < -0.39 is 0 Å². The maximum atomic E-state index is 12.6. The van der Waals surface area contributed by atoms with E-state index >= 15 is 0 Å². The summed E-state index contributed by atoms with van der Waals surface area (Å²) in [6.45, 7) is 4.28. The van der Waals surface area contributed by atoms with Crippen LogP contribution in [0.25, 0.3) is 5.52 Å². The minimum absolute atomic E-state index is 0.225. The summed E-state index contributed by atoms with van der Waals surface area (Å²) in [7, 11) is 0. The highest BCUT2D eigenvalue weighted by atomic mass is 16.5. The van der Waals surface area contributed by atoms with E-state index in [9.17, 15) is 4.79 Å². The Morgan fingerprint density at radius 3 is 3.04 bits per heavy atom. The molecule has 1 fully saturated rings. The summed E-state index contributed by atoms with van der Waals surface area (Å²) < 4.78 is 13.0. The molecule has 1 aromatic carbocycles. The Bertz CT molecular complexity index is 947. The lowest BCUT2D eigenvalue weighted by Crippen LogP contribution is -2.21. The molecule has 1 amide bonds. The van der Waals surface area contributed by atoms with Crippen molar-refractivity contribution in [3.63, 3.8) is 0 Å². The molecule has 0 saturated carbocycles. The van der Waals surface area contributed by atoms with Gasteiger partial charge in [0, 0.05) is 37.4 Å². The van der Waals surface area contributed by atoms with Gasteiger partial charge in [-0.1, -0.05) is 6.07 Å². The molecule has 1 aliphatic rings. The third kappa shape index (κ3) is 3.93. The van der Waals surface area contributed by atoms with Gasteiger partial charge in [-0.2, -0.15) is 5.10 Å². The molecular weight excluding hydrogens is 344 g/mol. The van der Waals surface area contributed by atoms with Crippen molar-refractivity contribution in [2.75, 3.05) is 25.1 Å². The van der Waals surface area contributed by atoms with E-state index in [-0.39, 0.29) is 5.91 Å². The summed E-state index contributed by atoms with van der Waals surface area (Å²) in [5.41, 5.74) is 2.88. The maximum absolute atomic E-state index is 12.6. The smallest absolute Gasteiger partial charge is 0.259 e. The zero-order valence-electron chi connectivity index (χ0n) is 15.2. The molecule has 0 unspecified atom stereocenters. The number of carbonyl (C=O) groups is 1. The first kappa shape index (κ1) is 17.5. The molecule has 4 rings (SSSR count). The van der Waals surface area contributed by atoms with Gasteiger partial charge in [0.05, 0.1) is 30.1 Å². The number of amides is 1. The first-order valence-corrected chi connectivity index (χ1v) is 9.10. The third-order valence-corrected chi connectivity index (χ3v) is 4.83. The molecule has 3 aromatic rings. The quantitative estimate of drug-likeness (QED) is 0.751. The van der Waals surface area contributed by atoms with Crippen LogP contribution in [0.15, 0.2) is 43.0 Å². The number of fused-ring (bicyclic) bond motifs is 1. The van der Waals surface area contributed by atoms with Crippen LogP contribution in [0.4, 0.5) is 5.69 Å². The zero-order chi connectivity index (χ0) is 18.6. The number of nitrogens with one attached hydrogen (secondary N) is 1. The molecule has 0 spiro atoms. The monoisotopic (exact) mass is 366 g/mol. The normalized spacial score (nSPS) is 15.0. The second-order valence-corrected chi connectivity index (χ2v) is 6.77. The summed E-state index contributed by atoms with van der Waals surface area (Å²) >= 11 is 0. The molecule has 1 N–H and O–H groups in total. The highest BCUT2D eigenvalue weighted by Gasteiger charge is 2.16. The molecule has 1 aliphatic heterocycles. The lowest BCUT2D eigenvalue weighted by molar-refractivity contribution is 0.0496. The van der Waals surface area contributed by atoms with Gasteiger partial charge in [0.25, 0.3) is 5.91 Å². The van der Waals surface area contributed by atoms with Gasteiger partial charge in [-0.15, -0.1) is 0 Å². The van der Waals surface area contributed by atoms with Crippen molar-refractivity contribution in [3.05, 3.63) is 54.1 Å². The second kappa shape index (κ2) is 7.75. The maximum Gasteiger partial charge on any atom is 0.259 e. The van der Waals surface area contributed by atoms with Crippen molar-refractivity contribution in [2.24, 2.45) is 5.92 Å². The SMILES string of the molecule is Cc1ccc(NC(=O)c2cnn3ccncc23)cc1OCC1CCOCC1. The summed E-state index contributed by atoms with van der Waals surface area (Å²) in [4.78, 5) is 16.7. The van der Waals surface area contributed by atoms with E-state index in [1.165, 1.54) is 0 Å². The van der Waals surface area contributed by atoms with Crippen LogP contribution in [0.5, 0.6) is 5.75 Å². The number of ether oxygens (including phenoxy) is 2. The van der Waals surface area contributed by atoms with Gasteiger partial charge in [-0.25, -0.2) is 4.52 Å². The molecule has 7 heteroatoms. The molecule has 27 heavy (non-hydrogen) atoms. The van der Waals surface area contributed by atoms with Crippen molar-refractivity contribution in [2.45, 2.75) is 19.8 Å². The number of nitrogens with zero attached hydrogens (tertiary/aromatic N) is 3. The average Bonchev–Trinajstić information content (AvgIpc) is 3.13. The Hall–Kier alpha value is -2.93. The van der Waals surface area contributed by atoms with Gasteiger partial charge in [-0.3, -0.25) is 9.78 Å². The molecule has 1 saturated heterocycles. The number of rotatable bonds is 5. The van der Waals surface area contributed by atoms with Crippen LogP contribution >= 0.6 is 0 Å². The number of anilines is 1. The van der Waals surface area contributed by atoms with E-state index in [1.54, 1.807) is 29.3 Å². The van der Waals surface area contributed by atoms with Gasteiger partial charge in [-0.05, 0) is 37.3 Å². The van der Waals surface area contributed by atoms with Crippen molar-refractivity contribution < 1.29 is 14.3 Å². The number of aromatic nitrogens is 3. The Kier molecular flexibility index (Phi) is 5.02. The first-order valence-electron chi connectivity index (χ1n) is 9.10. The minimum atomic E-state index is -0.225. The highest BCUT2D eigenvalue weighted by Crippen LogP contribution is 2.25. The highest BCUT2D eigenvalue weighted by molar-refractivity contribution is 6.08. The van der Waals surface area contributed by atoms with Gasteiger partial charge >= 0.3 is 0 Å². The van der Waals surface area contributed by atoms with Crippen LogP contribution in [-0.4, -0.2) is 40.3 Å². The van der Waals surface area contributed by atoms with Crippen LogP contribution in [0.2, 0.25) is 0 Å². The minimum Gasteiger partial charge on any atom is -0.493 e. The van der Waals surface area contributed by atoms with Gasteiger partial charge in [0.15, 0.2) is 0 Å². The van der Waals surface area contributed by atoms with Crippen LogP contribution in [0, 0.1) is 12.8 Å².